The van der Waals surface area contributed by atoms with Gasteiger partial charge >= 0.3 is 0 Å². The molecule has 3 nitrogen and oxygen atoms in total. The van der Waals surface area contributed by atoms with E-state index < -0.39 is 0 Å². The first-order valence-electron chi connectivity index (χ1n) is 5.92. The molecule has 0 bridgehead atoms. The molecule has 100 valence electrons. The maximum atomic E-state index is 11.7. The number of amides is 1. The van der Waals surface area contributed by atoms with Gasteiger partial charge in [0.15, 0.2) is 0 Å². The molecular formula is C14H20ClNO2. The predicted molar refractivity (Wildman–Crippen MR) is 74.2 cm³/mol. The van der Waals surface area contributed by atoms with Crippen LogP contribution in [0.15, 0.2) is 24.3 Å². The molecule has 1 amide bonds. The standard InChI is InChI=1S/C14H20ClNO2/c1-14(2,9-15)10-16-13(17)8-11-4-6-12(18-3)7-5-11/h4-7H,8-10H2,1-3H3,(H,16,17). The molecule has 0 radical (unpaired) electrons. The molecule has 1 rings (SSSR count). The molecule has 0 saturated carbocycles. The number of halogens is 1. The van der Waals surface area contributed by atoms with E-state index in [1.807, 2.05) is 38.1 Å². The molecule has 0 atom stereocenters. The van der Waals surface area contributed by atoms with Crippen molar-refractivity contribution in [2.75, 3.05) is 19.5 Å². The number of nitrogens with one attached hydrogen (secondary N) is 1. The Morgan fingerprint density at radius 1 is 1.33 bits per heavy atom. The summed E-state index contributed by atoms with van der Waals surface area (Å²) in [4.78, 5) is 11.7. The van der Waals surface area contributed by atoms with Crippen molar-refractivity contribution in [2.24, 2.45) is 5.41 Å². The summed E-state index contributed by atoms with van der Waals surface area (Å²) in [6.07, 6.45) is 0.377. The normalized spacial score (nSPS) is 11.1. The summed E-state index contributed by atoms with van der Waals surface area (Å²) < 4.78 is 5.07. The van der Waals surface area contributed by atoms with Gasteiger partial charge in [-0.2, -0.15) is 0 Å². The van der Waals surface area contributed by atoms with Crippen LogP contribution in [0.2, 0.25) is 0 Å². The Hall–Kier alpha value is -1.22. The molecule has 0 aliphatic heterocycles. The number of hydrogen-bond acceptors (Lipinski definition) is 2. The SMILES string of the molecule is COc1ccc(CC(=O)NCC(C)(C)CCl)cc1. The van der Waals surface area contributed by atoms with Gasteiger partial charge in [0.05, 0.1) is 13.5 Å². The Kier molecular flexibility index (Phi) is 5.48. The molecular weight excluding hydrogens is 250 g/mol. The minimum atomic E-state index is -0.0723. The zero-order chi connectivity index (χ0) is 13.6. The Balaban J connectivity index is 2.44. The summed E-state index contributed by atoms with van der Waals surface area (Å²) in [6, 6.07) is 7.49. The quantitative estimate of drug-likeness (QED) is 0.807. The van der Waals surface area contributed by atoms with Gasteiger partial charge in [0.25, 0.3) is 0 Å². The maximum absolute atomic E-state index is 11.7. The number of alkyl halides is 1. The van der Waals surface area contributed by atoms with E-state index in [1.165, 1.54) is 0 Å². The lowest BCUT2D eigenvalue weighted by Gasteiger charge is -2.21. The fourth-order valence-electron chi connectivity index (χ4n) is 1.38. The lowest BCUT2D eigenvalue weighted by molar-refractivity contribution is -0.120. The second-order valence-electron chi connectivity index (χ2n) is 5.10. The lowest BCUT2D eigenvalue weighted by Crippen LogP contribution is -2.35. The first kappa shape index (κ1) is 14.8. The van der Waals surface area contributed by atoms with E-state index in [4.69, 9.17) is 16.3 Å². The summed E-state index contributed by atoms with van der Waals surface area (Å²) in [5.41, 5.74) is 0.897. The van der Waals surface area contributed by atoms with Gasteiger partial charge in [-0.15, -0.1) is 11.6 Å². The summed E-state index contributed by atoms with van der Waals surface area (Å²) in [7, 11) is 1.62. The van der Waals surface area contributed by atoms with Crippen molar-refractivity contribution in [1.82, 2.24) is 5.32 Å². The van der Waals surface area contributed by atoms with E-state index in [1.54, 1.807) is 7.11 Å². The number of rotatable bonds is 6. The Morgan fingerprint density at radius 3 is 2.44 bits per heavy atom. The van der Waals surface area contributed by atoms with E-state index in [0.29, 0.717) is 18.8 Å². The molecule has 0 heterocycles. The molecule has 18 heavy (non-hydrogen) atoms. The lowest BCUT2D eigenvalue weighted by atomic mass is 9.96. The van der Waals surface area contributed by atoms with Crippen LogP contribution in [-0.4, -0.2) is 25.4 Å². The molecule has 0 fully saturated rings. The number of hydrogen-bond donors (Lipinski definition) is 1. The Morgan fingerprint density at radius 2 is 1.94 bits per heavy atom. The average Bonchev–Trinajstić information content (AvgIpc) is 2.37. The zero-order valence-corrected chi connectivity index (χ0v) is 11.9. The summed E-state index contributed by atoms with van der Waals surface area (Å²) in [5, 5.41) is 2.90. The third-order valence-electron chi connectivity index (χ3n) is 2.65. The fraction of sp³-hybridized carbons (Fsp3) is 0.500. The number of carbonyl (C=O) groups is 1. The van der Waals surface area contributed by atoms with E-state index in [0.717, 1.165) is 11.3 Å². The maximum Gasteiger partial charge on any atom is 0.224 e. The summed E-state index contributed by atoms with van der Waals surface area (Å²) in [6.45, 7) is 4.63. The summed E-state index contributed by atoms with van der Waals surface area (Å²) >= 11 is 5.81. The van der Waals surface area contributed by atoms with E-state index >= 15 is 0 Å². The van der Waals surface area contributed by atoms with Gasteiger partial charge in [-0.25, -0.2) is 0 Å². The number of carbonyl (C=O) groups excluding carboxylic acids is 1. The predicted octanol–water partition coefficient (Wildman–Crippen LogP) is 2.62. The van der Waals surface area contributed by atoms with Crippen LogP contribution in [0.1, 0.15) is 19.4 Å². The minimum absolute atomic E-state index is 0.0124. The molecule has 1 aromatic rings. The zero-order valence-electron chi connectivity index (χ0n) is 11.1. The van der Waals surface area contributed by atoms with Crippen LogP contribution in [0, 0.1) is 5.41 Å². The van der Waals surface area contributed by atoms with Gasteiger partial charge in [0.2, 0.25) is 5.91 Å². The van der Waals surface area contributed by atoms with Crippen LogP contribution in [0.25, 0.3) is 0 Å². The first-order chi connectivity index (χ1) is 8.46. The molecule has 0 unspecified atom stereocenters. The highest BCUT2D eigenvalue weighted by atomic mass is 35.5. The van der Waals surface area contributed by atoms with Gasteiger partial charge in [0.1, 0.15) is 5.75 Å². The Labute approximate surface area is 113 Å². The van der Waals surface area contributed by atoms with Gasteiger partial charge in [0, 0.05) is 12.4 Å². The van der Waals surface area contributed by atoms with Crippen LogP contribution in [0.5, 0.6) is 5.75 Å². The van der Waals surface area contributed by atoms with Crippen molar-refractivity contribution in [1.29, 1.82) is 0 Å². The third kappa shape index (κ3) is 4.96. The van der Waals surface area contributed by atoms with Gasteiger partial charge in [-0.1, -0.05) is 26.0 Å². The molecule has 4 heteroatoms. The minimum Gasteiger partial charge on any atom is -0.497 e. The second kappa shape index (κ2) is 6.64. The highest BCUT2D eigenvalue weighted by Crippen LogP contribution is 2.15. The third-order valence-corrected chi connectivity index (χ3v) is 3.37. The van der Waals surface area contributed by atoms with Gasteiger partial charge in [-0.3, -0.25) is 4.79 Å². The van der Waals surface area contributed by atoms with Crippen molar-refractivity contribution < 1.29 is 9.53 Å². The van der Waals surface area contributed by atoms with Crippen molar-refractivity contribution in [3.63, 3.8) is 0 Å². The van der Waals surface area contributed by atoms with Crippen molar-refractivity contribution in [3.05, 3.63) is 29.8 Å². The summed E-state index contributed by atoms with van der Waals surface area (Å²) in [5.74, 6) is 1.33. The van der Waals surface area contributed by atoms with Crippen molar-refractivity contribution in [2.45, 2.75) is 20.3 Å². The first-order valence-corrected chi connectivity index (χ1v) is 6.46. The van der Waals surface area contributed by atoms with Gasteiger partial charge < -0.3 is 10.1 Å². The van der Waals surface area contributed by atoms with Crippen molar-refractivity contribution in [3.8, 4) is 5.75 Å². The molecule has 0 saturated heterocycles. The van der Waals surface area contributed by atoms with Crippen LogP contribution in [0.4, 0.5) is 0 Å². The van der Waals surface area contributed by atoms with Crippen LogP contribution in [-0.2, 0) is 11.2 Å². The number of methoxy groups -OCH3 is 1. The van der Waals surface area contributed by atoms with E-state index in [2.05, 4.69) is 5.32 Å². The smallest absolute Gasteiger partial charge is 0.224 e. The highest BCUT2D eigenvalue weighted by Gasteiger charge is 2.17. The number of ether oxygens (including phenoxy) is 1. The molecule has 0 aliphatic rings. The average molecular weight is 270 g/mol. The second-order valence-corrected chi connectivity index (χ2v) is 5.37. The largest absolute Gasteiger partial charge is 0.497 e. The monoisotopic (exact) mass is 269 g/mol. The van der Waals surface area contributed by atoms with Crippen LogP contribution < -0.4 is 10.1 Å². The van der Waals surface area contributed by atoms with Crippen molar-refractivity contribution >= 4 is 17.5 Å². The molecule has 0 aromatic heterocycles. The molecule has 0 aliphatic carbocycles. The topological polar surface area (TPSA) is 38.3 Å². The fourth-order valence-corrected chi connectivity index (χ4v) is 1.47. The molecule has 1 N–H and O–H groups in total. The molecule has 1 aromatic carbocycles. The number of benzene rings is 1. The molecule has 0 spiro atoms. The Bertz CT molecular complexity index is 387. The van der Waals surface area contributed by atoms with Crippen LogP contribution >= 0.6 is 11.6 Å². The highest BCUT2D eigenvalue weighted by molar-refractivity contribution is 6.18. The van der Waals surface area contributed by atoms with Crippen LogP contribution in [0.3, 0.4) is 0 Å². The van der Waals surface area contributed by atoms with Gasteiger partial charge in [-0.05, 0) is 23.1 Å². The van der Waals surface area contributed by atoms with E-state index in [-0.39, 0.29) is 11.3 Å². The van der Waals surface area contributed by atoms with E-state index in [9.17, 15) is 4.79 Å².